The molecule has 0 radical (unpaired) electrons. The fourth-order valence-electron chi connectivity index (χ4n) is 2.89. The Hall–Kier alpha value is -2.53. The van der Waals surface area contributed by atoms with E-state index >= 15 is 0 Å². The topological polar surface area (TPSA) is 55.4 Å². The Labute approximate surface area is 148 Å². The number of anilines is 1. The number of fused-ring (bicyclic) bond motifs is 1. The number of nitrogens with one attached hydrogen (secondary N) is 1. The van der Waals surface area contributed by atoms with Crippen molar-refractivity contribution in [3.63, 3.8) is 0 Å². The Balaban J connectivity index is 2.10. The van der Waals surface area contributed by atoms with E-state index in [4.69, 9.17) is 4.74 Å². The molecule has 0 saturated heterocycles. The predicted octanol–water partition coefficient (Wildman–Crippen LogP) is 4.60. The molecule has 0 amide bonds. The van der Waals surface area contributed by atoms with Crippen LogP contribution >= 0.6 is 0 Å². The molecule has 3 aromatic carbocycles. The zero-order chi connectivity index (χ0) is 17.9. The number of ether oxygens (including phenoxy) is 1. The first-order valence-corrected chi connectivity index (χ1v) is 9.80. The molecular formula is C20H21NO3S. The molecule has 3 aromatic rings. The van der Waals surface area contributed by atoms with Gasteiger partial charge in [0, 0.05) is 10.8 Å². The molecule has 4 nitrogen and oxygen atoms in total. The van der Waals surface area contributed by atoms with Gasteiger partial charge in [0.15, 0.2) is 0 Å². The fraction of sp³-hybridized carbons (Fsp3) is 0.200. The van der Waals surface area contributed by atoms with Crippen molar-refractivity contribution in [1.82, 2.24) is 0 Å². The average molecular weight is 355 g/mol. The first-order valence-electron chi connectivity index (χ1n) is 8.32. The summed E-state index contributed by atoms with van der Waals surface area (Å²) in [5, 5.41) is 1.44. The number of para-hydroxylation sites is 1. The minimum absolute atomic E-state index is 0.248. The van der Waals surface area contributed by atoms with Crippen molar-refractivity contribution in [3.8, 4) is 5.75 Å². The SMILES string of the molecule is CCOc1ccc(S(=O)(=O)Nc2ccccc2CC)c2ccccc12. The summed E-state index contributed by atoms with van der Waals surface area (Å²) in [5.74, 6) is 0.686. The van der Waals surface area contributed by atoms with Gasteiger partial charge in [-0.2, -0.15) is 0 Å². The van der Waals surface area contributed by atoms with Gasteiger partial charge in [-0.05, 0) is 37.1 Å². The lowest BCUT2D eigenvalue weighted by molar-refractivity contribution is 0.344. The lowest BCUT2D eigenvalue weighted by Crippen LogP contribution is -2.14. The third-order valence-electron chi connectivity index (χ3n) is 4.08. The molecule has 25 heavy (non-hydrogen) atoms. The van der Waals surface area contributed by atoms with E-state index in [1.807, 2.05) is 50.2 Å². The number of hydrogen-bond donors (Lipinski definition) is 1. The highest BCUT2D eigenvalue weighted by atomic mass is 32.2. The number of hydrogen-bond acceptors (Lipinski definition) is 3. The monoisotopic (exact) mass is 355 g/mol. The molecular weight excluding hydrogens is 334 g/mol. The minimum atomic E-state index is -3.71. The molecule has 0 saturated carbocycles. The van der Waals surface area contributed by atoms with Gasteiger partial charge in [0.05, 0.1) is 17.2 Å². The van der Waals surface area contributed by atoms with Crippen LogP contribution in [0.2, 0.25) is 0 Å². The summed E-state index contributed by atoms with van der Waals surface area (Å²) in [6.07, 6.45) is 0.753. The third-order valence-corrected chi connectivity index (χ3v) is 5.50. The van der Waals surface area contributed by atoms with Gasteiger partial charge >= 0.3 is 0 Å². The van der Waals surface area contributed by atoms with Crippen LogP contribution < -0.4 is 9.46 Å². The van der Waals surface area contributed by atoms with E-state index in [0.29, 0.717) is 23.4 Å². The maximum atomic E-state index is 13.0. The van der Waals surface area contributed by atoms with Gasteiger partial charge < -0.3 is 4.74 Å². The van der Waals surface area contributed by atoms with Crippen molar-refractivity contribution in [3.05, 3.63) is 66.2 Å². The summed E-state index contributed by atoms with van der Waals surface area (Å²) in [4.78, 5) is 0.248. The second-order valence-corrected chi connectivity index (χ2v) is 7.31. The highest BCUT2D eigenvalue weighted by Gasteiger charge is 2.20. The van der Waals surface area contributed by atoms with Crippen molar-refractivity contribution in [2.24, 2.45) is 0 Å². The van der Waals surface area contributed by atoms with Crippen LogP contribution in [0.5, 0.6) is 5.75 Å². The minimum Gasteiger partial charge on any atom is -0.493 e. The first-order chi connectivity index (χ1) is 12.1. The molecule has 0 aliphatic carbocycles. The van der Waals surface area contributed by atoms with E-state index in [-0.39, 0.29) is 4.90 Å². The molecule has 3 rings (SSSR count). The number of benzene rings is 3. The van der Waals surface area contributed by atoms with E-state index < -0.39 is 10.0 Å². The van der Waals surface area contributed by atoms with Crippen molar-refractivity contribution in [2.75, 3.05) is 11.3 Å². The maximum absolute atomic E-state index is 13.0. The highest BCUT2D eigenvalue weighted by molar-refractivity contribution is 7.93. The molecule has 0 aliphatic heterocycles. The van der Waals surface area contributed by atoms with Gasteiger partial charge in [-0.3, -0.25) is 4.72 Å². The summed E-state index contributed by atoms with van der Waals surface area (Å²) >= 11 is 0. The normalized spacial score (nSPS) is 11.4. The predicted molar refractivity (Wildman–Crippen MR) is 102 cm³/mol. The summed E-state index contributed by atoms with van der Waals surface area (Å²) in [6.45, 7) is 4.43. The lowest BCUT2D eigenvalue weighted by atomic mass is 10.1. The van der Waals surface area contributed by atoms with Crippen LogP contribution in [-0.2, 0) is 16.4 Å². The smallest absolute Gasteiger partial charge is 0.262 e. The molecule has 0 spiro atoms. The van der Waals surface area contributed by atoms with Gasteiger partial charge in [0.25, 0.3) is 10.0 Å². The fourth-order valence-corrected chi connectivity index (χ4v) is 4.20. The van der Waals surface area contributed by atoms with Crippen molar-refractivity contribution < 1.29 is 13.2 Å². The van der Waals surface area contributed by atoms with Crippen molar-refractivity contribution >= 4 is 26.5 Å². The van der Waals surface area contributed by atoms with Crippen molar-refractivity contribution in [1.29, 1.82) is 0 Å². The van der Waals surface area contributed by atoms with E-state index in [9.17, 15) is 8.42 Å². The van der Waals surface area contributed by atoms with Crippen LogP contribution in [0.25, 0.3) is 10.8 Å². The van der Waals surface area contributed by atoms with Crippen molar-refractivity contribution in [2.45, 2.75) is 25.2 Å². The summed E-state index contributed by atoms with van der Waals surface area (Å²) in [7, 11) is -3.71. The highest BCUT2D eigenvalue weighted by Crippen LogP contribution is 2.32. The third kappa shape index (κ3) is 3.46. The Morgan fingerprint density at radius 1 is 0.880 bits per heavy atom. The summed E-state index contributed by atoms with van der Waals surface area (Å²) in [6, 6.07) is 18.1. The largest absolute Gasteiger partial charge is 0.493 e. The van der Waals surface area contributed by atoms with Crippen LogP contribution in [0, 0.1) is 0 Å². The zero-order valence-corrected chi connectivity index (χ0v) is 15.1. The second-order valence-electron chi connectivity index (χ2n) is 5.66. The Kier molecular flexibility index (Phi) is 4.95. The second kappa shape index (κ2) is 7.15. The molecule has 5 heteroatoms. The van der Waals surface area contributed by atoms with E-state index in [1.165, 1.54) is 0 Å². The van der Waals surface area contributed by atoms with E-state index in [2.05, 4.69) is 4.72 Å². The molecule has 0 unspecified atom stereocenters. The lowest BCUT2D eigenvalue weighted by Gasteiger charge is -2.15. The molecule has 0 aliphatic rings. The average Bonchev–Trinajstić information content (AvgIpc) is 2.62. The molecule has 130 valence electrons. The molecule has 0 heterocycles. The Morgan fingerprint density at radius 2 is 1.56 bits per heavy atom. The van der Waals surface area contributed by atoms with Gasteiger partial charge in [-0.15, -0.1) is 0 Å². The maximum Gasteiger partial charge on any atom is 0.262 e. The summed E-state index contributed by atoms with van der Waals surface area (Å²) < 4.78 is 34.4. The van der Waals surface area contributed by atoms with Crippen LogP contribution in [0.4, 0.5) is 5.69 Å². The van der Waals surface area contributed by atoms with Gasteiger partial charge in [-0.25, -0.2) is 8.42 Å². The first kappa shape index (κ1) is 17.3. The zero-order valence-electron chi connectivity index (χ0n) is 14.3. The van der Waals surface area contributed by atoms with Gasteiger partial charge in [-0.1, -0.05) is 49.4 Å². The number of rotatable bonds is 6. The van der Waals surface area contributed by atoms with Gasteiger partial charge in [0.1, 0.15) is 5.75 Å². The molecule has 0 atom stereocenters. The van der Waals surface area contributed by atoms with Crippen LogP contribution in [-0.4, -0.2) is 15.0 Å². The van der Waals surface area contributed by atoms with Crippen LogP contribution in [0.3, 0.4) is 0 Å². The quantitative estimate of drug-likeness (QED) is 0.703. The van der Waals surface area contributed by atoms with E-state index in [0.717, 1.165) is 17.4 Å². The molecule has 0 bridgehead atoms. The van der Waals surface area contributed by atoms with E-state index in [1.54, 1.807) is 24.3 Å². The number of sulfonamides is 1. The van der Waals surface area contributed by atoms with Crippen LogP contribution in [0.15, 0.2) is 65.6 Å². The molecule has 1 N–H and O–H groups in total. The molecule has 0 fully saturated rings. The standard InChI is InChI=1S/C20H21NO3S/c1-3-15-9-5-8-12-18(15)21-25(22,23)20-14-13-19(24-4-2)16-10-6-7-11-17(16)20/h5-14,21H,3-4H2,1-2H3. The Morgan fingerprint density at radius 3 is 2.28 bits per heavy atom. The van der Waals surface area contributed by atoms with Crippen LogP contribution in [0.1, 0.15) is 19.4 Å². The summed E-state index contributed by atoms with van der Waals surface area (Å²) in [5.41, 5.74) is 1.57. The Bertz CT molecular complexity index is 997. The number of aryl methyl sites for hydroxylation is 1. The molecule has 0 aromatic heterocycles. The van der Waals surface area contributed by atoms with Gasteiger partial charge in [0.2, 0.25) is 0 Å².